The van der Waals surface area contributed by atoms with Crippen molar-refractivity contribution in [3.05, 3.63) is 28.0 Å². The third-order valence-corrected chi connectivity index (χ3v) is 3.99. The largest absolute Gasteiger partial charge is 0.323 e. The Morgan fingerprint density at radius 2 is 2.05 bits per heavy atom. The molecule has 2 N–H and O–H groups in total. The highest BCUT2D eigenvalue weighted by Gasteiger charge is 2.35. The summed E-state index contributed by atoms with van der Waals surface area (Å²) in [6, 6.07) is 2.26. The Kier molecular flexibility index (Phi) is 4.33. The van der Waals surface area contributed by atoms with Crippen LogP contribution in [0.3, 0.4) is 0 Å². The van der Waals surface area contributed by atoms with E-state index in [0.717, 1.165) is 31.5 Å². The third kappa shape index (κ3) is 3.19. The maximum absolute atomic E-state index is 13.1. The molecule has 6 heteroatoms. The fourth-order valence-corrected chi connectivity index (χ4v) is 2.73. The number of anilines is 1. The van der Waals surface area contributed by atoms with Crippen molar-refractivity contribution in [3.63, 3.8) is 0 Å². The van der Waals surface area contributed by atoms with Crippen LogP contribution in [-0.4, -0.2) is 19.0 Å². The minimum Gasteiger partial charge on any atom is -0.323 e. The van der Waals surface area contributed by atoms with E-state index in [1.54, 1.807) is 0 Å². The summed E-state index contributed by atoms with van der Waals surface area (Å²) >= 11 is 11.8. The molecule has 0 bridgehead atoms. The average molecular weight is 305 g/mol. The van der Waals surface area contributed by atoms with E-state index in [0.29, 0.717) is 6.54 Å². The van der Waals surface area contributed by atoms with Gasteiger partial charge in [-0.25, -0.2) is 4.39 Å². The maximum Gasteiger partial charge on any atom is 0.231 e. The van der Waals surface area contributed by atoms with E-state index < -0.39 is 11.2 Å². The molecular formula is C13H15Cl2FN2O. The SMILES string of the molecule is CC1(C(=O)Nc2c(Cl)cc(F)cc2Cl)CCCNC1. The first-order valence-electron chi connectivity index (χ1n) is 6.09. The van der Waals surface area contributed by atoms with Crippen molar-refractivity contribution in [2.75, 3.05) is 18.4 Å². The normalized spacial score (nSPS) is 23.2. The number of hydrogen-bond donors (Lipinski definition) is 2. The zero-order chi connectivity index (χ0) is 14.0. The van der Waals surface area contributed by atoms with Crippen LogP contribution in [0.2, 0.25) is 10.0 Å². The zero-order valence-electron chi connectivity index (χ0n) is 10.5. The predicted octanol–water partition coefficient (Wildman–Crippen LogP) is 3.46. The number of halogens is 3. The number of carbonyl (C=O) groups excluding carboxylic acids is 1. The molecule has 1 fully saturated rings. The second kappa shape index (κ2) is 5.65. The first-order valence-corrected chi connectivity index (χ1v) is 6.85. The van der Waals surface area contributed by atoms with Crippen LogP contribution in [0.25, 0.3) is 0 Å². The molecule has 1 aliphatic heterocycles. The minimum absolute atomic E-state index is 0.103. The molecule has 0 aliphatic carbocycles. The van der Waals surface area contributed by atoms with E-state index in [1.165, 1.54) is 0 Å². The fourth-order valence-electron chi connectivity index (χ4n) is 2.18. The van der Waals surface area contributed by atoms with E-state index in [1.807, 2.05) is 6.92 Å². The van der Waals surface area contributed by atoms with Crippen LogP contribution in [0, 0.1) is 11.2 Å². The Balaban J connectivity index is 2.19. The van der Waals surface area contributed by atoms with Gasteiger partial charge in [0.1, 0.15) is 5.82 Å². The molecule has 1 unspecified atom stereocenters. The van der Waals surface area contributed by atoms with Gasteiger partial charge in [0.2, 0.25) is 5.91 Å². The van der Waals surface area contributed by atoms with E-state index in [-0.39, 0.29) is 21.6 Å². The smallest absolute Gasteiger partial charge is 0.231 e. The predicted molar refractivity (Wildman–Crippen MR) is 75.3 cm³/mol. The third-order valence-electron chi connectivity index (χ3n) is 3.39. The lowest BCUT2D eigenvalue weighted by Crippen LogP contribution is -2.46. The molecule has 0 spiro atoms. The summed E-state index contributed by atoms with van der Waals surface area (Å²) in [5.41, 5.74) is -0.235. The Morgan fingerprint density at radius 3 is 2.58 bits per heavy atom. The molecule has 1 aromatic carbocycles. The van der Waals surface area contributed by atoms with Gasteiger partial charge in [-0.05, 0) is 38.4 Å². The number of rotatable bonds is 2. The lowest BCUT2D eigenvalue weighted by atomic mass is 9.82. The maximum atomic E-state index is 13.1. The molecule has 0 aromatic heterocycles. The van der Waals surface area contributed by atoms with Crippen molar-refractivity contribution in [3.8, 4) is 0 Å². The fraction of sp³-hybridized carbons (Fsp3) is 0.462. The van der Waals surface area contributed by atoms with Gasteiger partial charge >= 0.3 is 0 Å². The van der Waals surface area contributed by atoms with Crippen LogP contribution in [0.4, 0.5) is 10.1 Å². The van der Waals surface area contributed by atoms with Crippen molar-refractivity contribution in [2.45, 2.75) is 19.8 Å². The van der Waals surface area contributed by atoms with Gasteiger partial charge in [0, 0.05) is 6.54 Å². The standard InChI is InChI=1S/C13H15Cl2FN2O/c1-13(3-2-4-17-7-13)12(19)18-11-9(14)5-8(16)6-10(11)15/h5-6,17H,2-4,7H2,1H3,(H,18,19). The van der Waals surface area contributed by atoms with Crippen LogP contribution in [-0.2, 0) is 4.79 Å². The summed E-state index contributed by atoms with van der Waals surface area (Å²) in [6.45, 7) is 3.41. The van der Waals surface area contributed by atoms with Gasteiger partial charge in [-0.1, -0.05) is 23.2 Å². The van der Waals surface area contributed by atoms with Crippen LogP contribution >= 0.6 is 23.2 Å². The number of amides is 1. The van der Waals surface area contributed by atoms with Crippen molar-refractivity contribution >= 4 is 34.8 Å². The number of nitrogens with one attached hydrogen (secondary N) is 2. The van der Waals surface area contributed by atoms with Gasteiger partial charge in [-0.15, -0.1) is 0 Å². The Hall–Kier alpha value is -0.840. The Labute approximate surface area is 121 Å². The molecule has 0 radical (unpaired) electrons. The number of carbonyl (C=O) groups is 1. The Morgan fingerprint density at radius 1 is 1.42 bits per heavy atom. The van der Waals surface area contributed by atoms with Gasteiger partial charge in [0.05, 0.1) is 21.1 Å². The number of piperidine rings is 1. The summed E-state index contributed by atoms with van der Waals surface area (Å²) in [7, 11) is 0. The minimum atomic E-state index is -0.529. The van der Waals surface area contributed by atoms with E-state index >= 15 is 0 Å². The highest BCUT2D eigenvalue weighted by Crippen LogP contribution is 2.34. The van der Waals surface area contributed by atoms with Gasteiger partial charge in [-0.3, -0.25) is 4.79 Å². The monoisotopic (exact) mass is 304 g/mol. The molecule has 19 heavy (non-hydrogen) atoms. The summed E-state index contributed by atoms with van der Waals surface area (Å²) in [5, 5.41) is 6.11. The van der Waals surface area contributed by atoms with Gasteiger partial charge in [-0.2, -0.15) is 0 Å². The molecular weight excluding hydrogens is 290 g/mol. The molecule has 1 atom stereocenters. The molecule has 0 saturated carbocycles. The highest BCUT2D eigenvalue weighted by atomic mass is 35.5. The van der Waals surface area contributed by atoms with Crippen molar-refractivity contribution < 1.29 is 9.18 Å². The van der Waals surface area contributed by atoms with E-state index in [9.17, 15) is 9.18 Å². The topological polar surface area (TPSA) is 41.1 Å². The van der Waals surface area contributed by atoms with Gasteiger partial charge in [0.25, 0.3) is 0 Å². The van der Waals surface area contributed by atoms with Crippen molar-refractivity contribution in [1.29, 1.82) is 0 Å². The lowest BCUT2D eigenvalue weighted by Gasteiger charge is -2.32. The number of benzene rings is 1. The molecule has 1 saturated heterocycles. The molecule has 1 amide bonds. The number of hydrogen-bond acceptors (Lipinski definition) is 2. The Bertz CT molecular complexity index is 478. The van der Waals surface area contributed by atoms with Crippen molar-refractivity contribution in [2.24, 2.45) is 5.41 Å². The first-order chi connectivity index (χ1) is 8.92. The van der Waals surface area contributed by atoms with Crippen LogP contribution in [0.5, 0.6) is 0 Å². The molecule has 1 aromatic rings. The molecule has 104 valence electrons. The van der Waals surface area contributed by atoms with E-state index in [2.05, 4.69) is 10.6 Å². The summed E-state index contributed by atoms with van der Waals surface area (Å²) in [5.74, 6) is -0.686. The van der Waals surface area contributed by atoms with Crippen LogP contribution in [0.1, 0.15) is 19.8 Å². The zero-order valence-corrected chi connectivity index (χ0v) is 12.0. The summed E-state index contributed by atoms with van der Waals surface area (Å²) < 4.78 is 13.1. The quantitative estimate of drug-likeness (QED) is 0.878. The average Bonchev–Trinajstić information content (AvgIpc) is 2.34. The summed E-state index contributed by atoms with van der Waals surface area (Å²) in [4.78, 5) is 12.3. The summed E-state index contributed by atoms with van der Waals surface area (Å²) in [6.07, 6.45) is 1.73. The second-order valence-electron chi connectivity index (χ2n) is 5.04. The first kappa shape index (κ1) is 14.6. The van der Waals surface area contributed by atoms with Gasteiger partial charge < -0.3 is 10.6 Å². The van der Waals surface area contributed by atoms with Gasteiger partial charge in [0.15, 0.2) is 0 Å². The molecule has 3 nitrogen and oxygen atoms in total. The molecule has 1 aliphatic rings. The van der Waals surface area contributed by atoms with Crippen LogP contribution in [0.15, 0.2) is 12.1 Å². The second-order valence-corrected chi connectivity index (χ2v) is 5.85. The lowest BCUT2D eigenvalue weighted by molar-refractivity contribution is -0.125. The van der Waals surface area contributed by atoms with Crippen molar-refractivity contribution in [1.82, 2.24) is 5.32 Å². The molecule has 1 heterocycles. The van der Waals surface area contributed by atoms with E-state index in [4.69, 9.17) is 23.2 Å². The highest BCUT2D eigenvalue weighted by molar-refractivity contribution is 6.39. The van der Waals surface area contributed by atoms with Crippen LogP contribution < -0.4 is 10.6 Å². The molecule has 2 rings (SSSR count).